The van der Waals surface area contributed by atoms with E-state index in [1.807, 2.05) is 0 Å². The summed E-state index contributed by atoms with van der Waals surface area (Å²) in [6.07, 6.45) is 0. The van der Waals surface area contributed by atoms with Crippen LogP contribution in [0.1, 0.15) is 10.4 Å². The second-order valence-electron chi connectivity index (χ2n) is 2.36. The number of hydrogen-bond donors (Lipinski definition) is 2. The third-order valence-corrected chi connectivity index (χ3v) is 2.42. The third kappa shape index (κ3) is 1.98. The number of amides is 1. The summed E-state index contributed by atoms with van der Waals surface area (Å²) < 4.78 is 0. The molecule has 0 saturated heterocycles. The highest BCUT2D eigenvalue weighted by Crippen LogP contribution is 2.23. The molecule has 0 radical (unpaired) electrons. The van der Waals surface area contributed by atoms with E-state index in [2.05, 4.69) is 15.9 Å². The minimum atomic E-state index is -0.488. The molecule has 1 atom stereocenters. The van der Waals surface area contributed by atoms with Crippen LogP contribution in [0.4, 0.5) is 0 Å². The zero-order valence-corrected chi connectivity index (χ0v) is 7.78. The maximum atomic E-state index is 10.7. The topological polar surface area (TPSA) is 63.3 Å². The Morgan fingerprint density at radius 1 is 1.42 bits per heavy atom. The van der Waals surface area contributed by atoms with Crippen molar-refractivity contribution >= 4 is 21.8 Å². The van der Waals surface area contributed by atoms with E-state index >= 15 is 0 Å². The van der Waals surface area contributed by atoms with Gasteiger partial charge in [-0.3, -0.25) is 4.79 Å². The van der Waals surface area contributed by atoms with Crippen molar-refractivity contribution in [2.75, 3.05) is 0 Å². The molecule has 0 heterocycles. The number of hydrogen-bond acceptors (Lipinski definition) is 2. The van der Waals surface area contributed by atoms with Gasteiger partial charge in [0, 0.05) is 0 Å². The molecule has 0 aliphatic heterocycles. The lowest BCUT2D eigenvalue weighted by Crippen LogP contribution is -2.16. The fraction of sp³-hybridized carbons (Fsp3) is 0.125. The van der Waals surface area contributed by atoms with Gasteiger partial charge in [0.15, 0.2) is 0 Å². The summed E-state index contributed by atoms with van der Waals surface area (Å²) in [6, 6.07) is 6.29. The van der Waals surface area contributed by atoms with E-state index in [4.69, 9.17) is 10.8 Å². The Hall–Kier alpha value is -1.03. The van der Waals surface area contributed by atoms with E-state index < -0.39 is 10.7 Å². The molecule has 1 unspecified atom stereocenters. The highest BCUT2D eigenvalue weighted by Gasteiger charge is 2.12. The predicted octanol–water partition coefficient (Wildman–Crippen LogP) is 1.31. The van der Waals surface area contributed by atoms with Crippen molar-refractivity contribution in [2.45, 2.75) is 4.83 Å². The average Bonchev–Trinajstić information content (AvgIpc) is 2.04. The number of aromatic hydroxyl groups is 1. The molecule has 0 fully saturated rings. The molecule has 3 nitrogen and oxygen atoms in total. The summed E-state index contributed by atoms with van der Waals surface area (Å²) >= 11 is 3.12. The number of rotatable bonds is 2. The number of nitrogens with two attached hydrogens (primary N) is 1. The summed E-state index contributed by atoms with van der Waals surface area (Å²) in [5.41, 5.74) is 5.79. The summed E-state index contributed by atoms with van der Waals surface area (Å²) in [4.78, 5) is 10.2. The van der Waals surface area contributed by atoms with Gasteiger partial charge in [-0.1, -0.05) is 28.1 Å². The van der Waals surface area contributed by atoms with Gasteiger partial charge in [-0.2, -0.15) is 0 Å². The Morgan fingerprint density at radius 3 is 2.33 bits per heavy atom. The molecule has 0 aromatic heterocycles. The van der Waals surface area contributed by atoms with Crippen LogP contribution in [0.5, 0.6) is 5.75 Å². The minimum Gasteiger partial charge on any atom is -0.508 e. The van der Waals surface area contributed by atoms with Crippen LogP contribution >= 0.6 is 15.9 Å². The van der Waals surface area contributed by atoms with Crippen LogP contribution in [0.15, 0.2) is 24.3 Å². The molecular formula is C8H8BrNO2. The number of carbonyl (C=O) groups is 1. The lowest BCUT2D eigenvalue weighted by atomic mass is 10.1. The Labute approximate surface area is 78.3 Å². The van der Waals surface area contributed by atoms with Crippen LogP contribution in [0, 0.1) is 0 Å². The molecule has 1 aromatic carbocycles. The van der Waals surface area contributed by atoms with E-state index in [0.717, 1.165) is 5.56 Å². The first-order valence-electron chi connectivity index (χ1n) is 3.33. The first-order chi connectivity index (χ1) is 5.61. The van der Waals surface area contributed by atoms with E-state index in [9.17, 15) is 4.79 Å². The number of phenols is 1. The molecule has 3 N–H and O–H groups in total. The summed E-state index contributed by atoms with van der Waals surface area (Å²) in [7, 11) is 0. The highest BCUT2D eigenvalue weighted by atomic mass is 79.9. The molecule has 0 bridgehead atoms. The summed E-state index contributed by atoms with van der Waals surface area (Å²) in [6.45, 7) is 0. The lowest BCUT2D eigenvalue weighted by Gasteiger charge is -2.04. The Bertz CT molecular complexity index is 284. The molecular weight excluding hydrogens is 222 g/mol. The van der Waals surface area contributed by atoms with Crippen LogP contribution in [-0.2, 0) is 4.79 Å². The zero-order chi connectivity index (χ0) is 9.14. The van der Waals surface area contributed by atoms with Crippen molar-refractivity contribution in [3.63, 3.8) is 0 Å². The van der Waals surface area contributed by atoms with Gasteiger partial charge in [-0.05, 0) is 17.7 Å². The van der Waals surface area contributed by atoms with E-state index in [1.54, 1.807) is 12.1 Å². The maximum Gasteiger partial charge on any atom is 0.235 e. The van der Waals surface area contributed by atoms with Gasteiger partial charge >= 0.3 is 0 Å². The highest BCUT2D eigenvalue weighted by molar-refractivity contribution is 9.09. The fourth-order valence-electron chi connectivity index (χ4n) is 0.808. The Morgan fingerprint density at radius 2 is 1.92 bits per heavy atom. The number of phenolic OH excluding ortho intramolecular Hbond substituents is 1. The SMILES string of the molecule is NC(=O)C(Br)c1ccc(O)cc1. The smallest absolute Gasteiger partial charge is 0.235 e. The quantitative estimate of drug-likeness (QED) is 0.752. The van der Waals surface area contributed by atoms with Crippen LogP contribution in [0.3, 0.4) is 0 Å². The first kappa shape index (κ1) is 9.06. The van der Waals surface area contributed by atoms with Gasteiger partial charge in [0.2, 0.25) is 5.91 Å². The van der Waals surface area contributed by atoms with E-state index in [1.165, 1.54) is 12.1 Å². The number of alkyl halides is 1. The van der Waals surface area contributed by atoms with Gasteiger partial charge in [0.05, 0.1) is 0 Å². The number of benzene rings is 1. The molecule has 0 spiro atoms. The molecule has 0 saturated carbocycles. The van der Waals surface area contributed by atoms with Gasteiger partial charge in [-0.25, -0.2) is 0 Å². The standard InChI is InChI=1S/C8H8BrNO2/c9-7(8(10)12)5-1-3-6(11)4-2-5/h1-4,7,11H,(H2,10,12). The zero-order valence-electron chi connectivity index (χ0n) is 6.20. The van der Waals surface area contributed by atoms with Crippen LogP contribution in [0.2, 0.25) is 0 Å². The molecule has 1 amide bonds. The van der Waals surface area contributed by atoms with Crippen LogP contribution in [-0.4, -0.2) is 11.0 Å². The molecule has 1 rings (SSSR count). The molecule has 1 aromatic rings. The van der Waals surface area contributed by atoms with Crippen molar-refractivity contribution in [1.82, 2.24) is 0 Å². The van der Waals surface area contributed by atoms with Crippen LogP contribution in [0.25, 0.3) is 0 Å². The predicted molar refractivity (Wildman–Crippen MR) is 49.0 cm³/mol. The largest absolute Gasteiger partial charge is 0.508 e. The average molecular weight is 230 g/mol. The number of halogens is 1. The van der Waals surface area contributed by atoms with E-state index in [-0.39, 0.29) is 5.75 Å². The number of carbonyl (C=O) groups excluding carboxylic acids is 1. The minimum absolute atomic E-state index is 0.169. The van der Waals surface area contributed by atoms with Gasteiger partial charge in [0.1, 0.15) is 10.6 Å². The first-order valence-corrected chi connectivity index (χ1v) is 4.25. The van der Waals surface area contributed by atoms with Crippen LogP contribution < -0.4 is 5.73 Å². The van der Waals surface area contributed by atoms with Gasteiger partial charge in [0.25, 0.3) is 0 Å². The number of primary amides is 1. The monoisotopic (exact) mass is 229 g/mol. The molecule has 0 aliphatic carbocycles. The molecule has 4 heteroatoms. The normalized spacial score (nSPS) is 12.4. The van der Waals surface area contributed by atoms with Gasteiger partial charge in [-0.15, -0.1) is 0 Å². The maximum absolute atomic E-state index is 10.7. The second kappa shape index (κ2) is 3.58. The van der Waals surface area contributed by atoms with Crippen molar-refractivity contribution in [3.8, 4) is 5.75 Å². The fourth-order valence-corrected chi connectivity index (χ4v) is 1.11. The summed E-state index contributed by atoms with van der Waals surface area (Å²) in [5.74, 6) is -0.274. The second-order valence-corrected chi connectivity index (χ2v) is 3.27. The van der Waals surface area contributed by atoms with Crippen molar-refractivity contribution < 1.29 is 9.90 Å². The Balaban J connectivity index is 2.89. The van der Waals surface area contributed by atoms with Crippen molar-refractivity contribution in [2.24, 2.45) is 5.73 Å². The Kier molecular flexibility index (Phi) is 2.70. The van der Waals surface area contributed by atoms with Crippen molar-refractivity contribution in [3.05, 3.63) is 29.8 Å². The summed E-state index contributed by atoms with van der Waals surface area (Å²) in [5, 5.41) is 8.95. The molecule has 64 valence electrons. The third-order valence-electron chi connectivity index (χ3n) is 1.44. The lowest BCUT2D eigenvalue weighted by molar-refractivity contribution is -0.117. The molecule has 12 heavy (non-hydrogen) atoms. The van der Waals surface area contributed by atoms with Gasteiger partial charge < -0.3 is 10.8 Å². The molecule has 0 aliphatic rings. The van der Waals surface area contributed by atoms with E-state index in [0.29, 0.717) is 0 Å². The van der Waals surface area contributed by atoms with Crippen molar-refractivity contribution in [1.29, 1.82) is 0 Å².